The van der Waals surface area contributed by atoms with Crippen LogP contribution in [0.15, 0.2) is 12.2 Å². The highest BCUT2D eigenvalue weighted by atomic mass is 16.4. The van der Waals surface area contributed by atoms with Gasteiger partial charge >= 0.3 is 5.97 Å². The average molecular weight is 170 g/mol. The van der Waals surface area contributed by atoms with Crippen LogP contribution in [0.25, 0.3) is 0 Å². The Labute approximate surface area is 74.3 Å². The van der Waals surface area contributed by atoms with Crippen molar-refractivity contribution in [2.45, 2.75) is 39.5 Å². The van der Waals surface area contributed by atoms with E-state index in [0.717, 1.165) is 25.7 Å². The topological polar surface area (TPSA) is 37.3 Å². The molecule has 1 atom stereocenters. The molecular weight excluding hydrogens is 152 g/mol. The van der Waals surface area contributed by atoms with Crippen molar-refractivity contribution < 1.29 is 9.90 Å². The lowest BCUT2D eigenvalue weighted by molar-refractivity contribution is -0.142. The molecule has 0 aliphatic carbocycles. The zero-order valence-electron chi connectivity index (χ0n) is 7.92. The van der Waals surface area contributed by atoms with Crippen LogP contribution in [0.4, 0.5) is 0 Å². The van der Waals surface area contributed by atoms with Crippen molar-refractivity contribution in [2.24, 2.45) is 5.92 Å². The second-order valence-corrected chi connectivity index (χ2v) is 2.90. The Bertz CT molecular complexity index is 150. The van der Waals surface area contributed by atoms with Crippen LogP contribution in [-0.2, 0) is 4.79 Å². The number of carbonyl (C=O) groups is 1. The summed E-state index contributed by atoms with van der Waals surface area (Å²) in [6, 6.07) is 0. The molecule has 0 aromatic carbocycles. The Kier molecular flexibility index (Phi) is 6.44. The monoisotopic (exact) mass is 170 g/mol. The SMILES string of the molecule is CC/C=C\CCC(CC)C(=O)O. The molecule has 0 saturated heterocycles. The molecular formula is C10H18O2. The molecule has 0 heterocycles. The van der Waals surface area contributed by atoms with E-state index in [9.17, 15) is 4.79 Å². The Morgan fingerprint density at radius 1 is 1.42 bits per heavy atom. The van der Waals surface area contributed by atoms with Gasteiger partial charge in [0.25, 0.3) is 0 Å². The van der Waals surface area contributed by atoms with Crippen molar-refractivity contribution in [3.63, 3.8) is 0 Å². The van der Waals surface area contributed by atoms with E-state index in [-0.39, 0.29) is 5.92 Å². The molecule has 0 aliphatic heterocycles. The standard InChI is InChI=1S/C10H18O2/c1-3-5-6-7-8-9(4-2)10(11)12/h5-6,9H,3-4,7-8H2,1-2H3,(H,11,12)/b6-5-. The first-order valence-corrected chi connectivity index (χ1v) is 4.60. The van der Waals surface area contributed by atoms with Crippen molar-refractivity contribution in [3.05, 3.63) is 12.2 Å². The van der Waals surface area contributed by atoms with Crippen LogP contribution >= 0.6 is 0 Å². The van der Waals surface area contributed by atoms with Crippen LogP contribution in [0.2, 0.25) is 0 Å². The minimum absolute atomic E-state index is 0.161. The molecule has 1 N–H and O–H groups in total. The highest BCUT2D eigenvalue weighted by Crippen LogP contribution is 2.11. The summed E-state index contributed by atoms with van der Waals surface area (Å²) in [6.07, 6.45) is 7.56. The minimum atomic E-state index is -0.664. The first kappa shape index (κ1) is 11.2. The normalized spacial score (nSPS) is 13.5. The molecule has 70 valence electrons. The minimum Gasteiger partial charge on any atom is -0.481 e. The van der Waals surface area contributed by atoms with Crippen molar-refractivity contribution in [3.8, 4) is 0 Å². The van der Waals surface area contributed by atoms with Crippen LogP contribution in [-0.4, -0.2) is 11.1 Å². The number of aliphatic carboxylic acids is 1. The van der Waals surface area contributed by atoms with Crippen LogP contribution in [0.5, 0.6) is 0 Å². The summed E-state index contributed by atoms with van der Waals surface area (Å²) in [4.78, 5) is 10.6. The van der Waals surface area contributed by atoms with Crippen molar-refractivity contribution in [1.29, 1.82) is 0 Å². The van der Waals surface area contributed by atoms with E-state index in [1.807, 2.05) is 6.92 Å². The molecule has 0 aromatic rings. The van der Waals surface area contributed by atoms with Gasteiger partial charge in [0.05, 0.1) is 5.92 Å². The Morgan fingerprint density at radius 2 is 2.08 bits per heavy atom. The van der Waals surface area contributed by atoms with E-state index in [2.05, 4.69) is 19.1 Å². The van der Waals surface area contributed by atoms with Crippen LogP contribution < -0.4 is 0 Å². The van der Waals surface area contributed by atoms with Crippen LogP contribution in [0.3, 0.4) is 0 Å². The maximum Gasteiger partial charge on any atom is 0.306 e. The zero-order chi connectivity index (χ0) is 9.40. The average Bonchev–Trinajstić information content (AvgIpc) is 2.04. The molecule has 1 unspecified atom stereocenters. The molecule has 2 nitrogen and oxygen atoms in total. The van der Waals surface area contributed by atoms with Gasteiger partial charge < -0.3 is 5.11 Å². The molecule has 12 heavy (non-hydrogen) atoms. The molecule has 0 fully saturated rings. The molecule has 0 spiro atoms. The predicted octanol–water partition coefficient (Wildman–Crippen LogP) is 2.84. The molecule has 0 radical (unpaired) electrons. The predicted molar refractivity (Wildman–Crippen MR) is 50.1 cm³/mol. The van der Waals surface area contributed by atoms with Crippen molar-refractivity contribution >= 4 is 5.97 Å². The van der Waals surface area contributed by atoms with Gasteiger partial charge in [-0.05, 0) is 25.7 Å². The maximum atomic E-state index is 10.6. The van der Waals surface area contributed by atoms with Gasteiger partial charge in [0, 0.05) is 0 Å². The van der Waals surface area contributed by atoms with E-state index < -0.39 is 5.97 Å². The third kappa shape index (κ3) is 4.94. The molecule has 2 heteroatoms. The van der Waals surface area contributed by atoms with Gasteiger partial charge in [0.2, 0.25) is 0 Å². The zero-order valence-corrected chi connectivity index (χ0v) is 7.92. The van der Waals surface area contributed by atoms with Crippen molar-refractivity contribution in [1.82, 2.24) is 0 Å². The summed E-state index contributed by atoms with van der Waals surface area (Å²) < 4.78 is 0. The number of hydrogen-bond donors (Lipinski definition) is 1. The summed E-state index contributed by atoms with van der Waals surface area (Å²) in [5.41, 5.74) is 0. The number of carboxylic acids is 1. The Hall–Kier alpha value is -0.790. The molecule has 0 aliphatic rings. The first-order chi connectivity index (χ1) is 5.72. The van der Waals surface area contributed by atoms with E-state index in [1.54, 1.807) is 0 Å². The van der Waals surface area contributed by atoms with Gasteiger partial charge in [-0.3, -0.25) is 4.79 Å². The van der Waals surface area contributed by atoms with Gasteiger partial charge in [0.1, 0.15) is 0 Å². The first-order valence-electron chi connectivity index (χ1n) is 4.60. The van der Waals surface area contributed by atoms with E-state index >= 15 is 0 Å². The number of hydrogen-bond acceptors (Lipinski definition) is 1. The third-order valence-electron chi connectivity index (χ3n) is 1.93. The van der Waals surface area contributed by atoms with Crippen LogP contribution in [0.1, 0.15) is 39.5 Å². The van der Waals surface area contributed by atoms with E-state index in [4.69, 9.17) is 5.11 Å². The fourth-order valence-corrected chi connectivity index (χ4v) is 1.08. The third-order valence-corrected chi connectivity index (χ3v) is 1.93. The highest BCUT2D eigenvalue weighted by Gasteiger charge is 2.12. The van der Waals surface area contributed by atoms with Crippen molar-refractivity contribution in [2.75, 3.05) is 0 Å². The fraction of sp³-hybridized carbons (Fsp3) is 0.700. The summed E-state index contributed by atoms with van der Waals surface area (Å²) >= 11 is 0. The Morgan fingerprint density at radius 3 is 2.50 bits per heavy atom. The highest BCUT2D eigenvalue weighted by molar-refractivity contribution is 5.69. The quantitative estimate of drug-likeness (QED) is 0.622. The number of carboxylic acid groups (broad SMARTS) is 1. The number of allylic oxidation sites excluding steroid dienone is 2. The molecule has 0 bridgehead atoms. The van der Waals surface area contributed by atoms with Gasteiger partial charge in [-0.2, -0.15) is 0 Å². The van der Waals surface area contributed by atoms with E-state index in [0.29, 0.717) is 0 Å². The largest absolute Gasteiger partial charge is 0.481 e. The molecule has 0 amide bonds. The summed E-state index contributed by atoms with van der Waals surface area (Å²) in [5, 5.41) is 8.71. The molecule has 0 rings (SSSR count). The lowest BCUT2D eigenvalue weighted by Gasteiger charge is -2.06. The maximum absolute atomic E-state index is 10.6. The lowest BCUT2D eigenvalue weighted by Crippen LogP contribution is -2.11. The smallest absolute Gasteiger partial charge is 0.306 e. The van der Waals surface area contributed by atoms with Gasteiger partial charge in [0.15, 0.2) is 0 Å². The summed E-state index contributed by atoms with van der Waals surface area (Å²) in [5.74, 6) is -0.825. The fourth-order valence-electron chi connectivity index (χ4n) is 1.08. The van der Waals surface area contributed by atoms with Gasteiger partial charge in [-0.15, -0.1) is 0 Å². The second kappa shape index (κ2) is 6.89. The summed E-state index contributed by atoms with van der Waals surface area (Å²) in [7, 11) is 0. The van der Waals surface area contributed by atoms with Gasteiger partial charge in [-0.25, -0.2) is 0 Å². The van der Waals surface area contributed by atoms with E-state index in [1.165, 1.54) is 0 Å². The Balaban J connectivity index is 3.58. The van der Waals surface area contributed by atoms with Gasteiger partial charge in [-0.1, -0.05) is 26.0 Å². The number of rotatable bonds is 6. The molecule has 0 aromatic heterocycles. The molecule has 0 saturated carbocycles. The second-order valence-electron chi connectivity index (χ2n) is 2.90. The van der Waals surface area contributed by atoms with Crippen LogP contribution in [0, 0.1) is 5.92 Å². The lowest BCUT2D eigenvalue weighted by atomic mass is 10.0. The summed E-state index contributed by atoms with van der Waals surface area (Å²) in [6.45, 7) is 3.99.